The van der Waals surface area contributed by atoms with Crippen LogP contribution in [0.2, 0.25) is 0 Å². The number of likely N-dealkylation sites (tertiary alicyclic amines) is 1. The number of anilines is 3. The summed E-state index contributed by atoms with van der Waals surface area (Å²) in [5.41, 5.74) is 0. The monoisotopic (exact) mass is 401 g/mol. The fraction of sp³-hybridized carbons (Fsp3) is 0.650. The Morgan fingerprint density at radius 2 is 1.96 bits per heavy atom. The highest BCUT2D eigenvalue weighted by Gasteiger charge is 2.20. The molecule has 2 aliphatic rings. The Bertz CT molecular complexity index is 785. The summed E-state index contributed by atoms with van der Waals surface area (Å²) in [6, 6.07) is 2.72. The van der Waals surface area contributed by atoms with Gasteiger partial charge < -0.3 is 15.1 Å². The van der Waals surface area contributed by atoms with Gasteiger partial charge in [0, 0.05) is 55.9 Å². The van der Waals surface area contributed by atoms with Crippen LogP contribution in [-0.4, -0.2) is 70.6 Å². The average Bonchev–Trinajstić information content (AvgIpc) is 3.10. The lowest BCUT2D eigenvalue weighted by molar-refractivity contribution is 0.154. The molecule has 0 radical (unpaired) electrons. The van der Waals surface area contributed by atoms with Gasteiger partial charge in [0.1, 0.15) is 17.5 Å². The van der Waals surface area contributed by atoms with Crippen LogP contribution in [0, 0.1) is 6.92 Å². The predicted octanol–water partition coefficient (Wildman–Crippen LogP) is 3.11. The summed E-state index contributed by atoms with van der Waals surface area (Å²) in [6.07, 6.45) is 5.97. The van der Waals surface area contributed by atoms with Crippen molar-refractivity contribution in [3.8, 4) is 0 Å². The van der Waals surface area contributed by atoms with E-state index in [-0.39, 0.29) is 0 Å². The smallest absolute Gasteiger partial charge is 0.188 e. The molecule has 0 saturated carbocycles. The number of aromatic nitrogens is 3. The first-order valence-electron chi connectivity index (χ1n) is 10.3. The molecule has 0 bridgehead atoms. The molecule has 2 aromatic heterocycles. The minimum absolute atomic E-state index is 0.669. The highest BCUT2D eigenvalue weighted by Crippen LogP contribution is 2.27. The fourth-order valence-corrected chi connectivity index (χ4v) is 4.80. The highest BCUT2D eigenvalue weighted by atomic mass is 32.1. The molecule has 8 heteroatoms. The van der Waals surface area contributed by atoms with Gasteiger partial charge >= 0.3 is 0 Å². The van der Waals surface area contributed by atoms with Gasteiger partial charge in [0.05, 0.1) is 0 Å². The third kappa shape index (κ3) is 4.79. The zero-order valence-electron chi connectivity index (χ0n) is 17.2. The SMILES string of the molecule is Cc1nc(Nc2ncc(CN3CCCCC3C)s2)cc(N2CCN(C)CC2)n1. The number of aryl methyl sites for hydroxylation is 1. The number of nitrogens with zero attached hydrogens (tertiary/aromatic N) is 6. The third-order valence-electron chi connectivity index (χ3n) is 5.74. The average molecular weight is 402 g/mol. The Morgan fingerprint density at radius 3 is 2.75 bits per heavy atom. The first-order chi connectivity index (χ1) is 13.6. The van der Waals surface area contributed by atoms with Crippen molar-refractivity contribution in [2.45, 2.75) is 45.7 Å². The zero-order chi connectivity index (χ0) is 19.5. The van der Waals surface area contributed by atoms with Gasteiger partial charge in [0.15, 0.2) is 5.13 Å². The van der Waals surface area contributed by atoms with E-state index in [2.05, 4.69) is 48.9 Å². The minimum atomic E-state index is 0.669. The molecule has 1 unspecified atom stereocenters. The number of rotatable bonds is 5. The molecule has 2 aliphatic heterocycles. The number of likely N-dealkylation sites (N-methyl/N-ethyl adjacent to an activating group) is 1. The van der Waals surface area contributed by atoms with E-state index in [0.717, 1.165) is 55.3 Å². The van der Waals surface area contributed by atoms with Gasteiger partial charge in [-0.15, -0.1) is 11.3 Å². The van der Waals surface area contributed by atoms with E-state index in [1.807, 2.05) is 19.2 Å². The van der Waals surface area contributed by atoms with Crippen LogP contribution in [0.3, 0.4) is 0 Å². The molecular formula is C20H31N7S. The van der Waals surface area contributed by atoms with Gasteiger partial charge in [-0.2, -0.15) is 0 Å². The molecule has 0 aromatic carbocycles. The molecule has 1 N–H and O–H groups in total. The summed E-state index contributed by atoms with van der Waals surface area (Å²) in [5, 5.41) is 4.31. The van der Waals surface area contributed by atoms with Gasteiger partial charge in [-0.25, -0.2) is 15.0 Å². The van der Waals surface area contributed by atoms with E-state index in [0.29, 0.717) is 6.04 Å². The Balaban J connectivity index is 1.42. The second-order valence-corrected chi connectivity index (χ2v) is 9.14. The van der Waals surface area contributed by atoms with E-state index >= 15 is 0 Å². The summed E-state index contributed by atoms with van der Waals surface area (Å²) in [4.78, 5) is 22.4. The van der Waals surface area contributed by atoms with E-state index in [1.165, 1.54) is 30.7 Å². The van der Waals surface area contributed by atoms with Crippen LogP contribution in [0.4, 0.5) is 16.8 Å². The van der Waals surface area contributed by atoms with Crippen molar-refractivity contribution in [2.75, 3.05) is 50.0 Å². The van der Waals surface area contributed by atoms with Crippen LogP contribution in [0.1, 0.15) is 36.9 Å². The lowest BCUT2D eigenvalue weighted by Gasteiger charge is -2.33. The van der Waals surface area contributed by atoms with Crippen LogP contribution >= 0.6 is 11.3 Å². The fourth-order valence-electron chi connectivity index (χ4n) is 3.95. The number of piperidine rings is 1. The van der Waals surface area contributed by atoms with Crippen LogP contribution in [0.15, 0.2) is 12.3 Å². The molecule has 2 saturated heterocycles. The van der Waals surface area contributed by atoms with E-state index in [1.54, 1.807) is 11.3 Å². The van der Waals surface area contributed by atoms with Gasteiger partial charge in [-0.1, -0.05) is 6.42 Å². The van der Waals surface area contributed by atoms with Crippen LogP contribution < -0.4 is 10.2 Å². The molecular weight excluding hydrogens is 370 g/mol. The second-order valence-electron chi connectivity index (χ2n) is 8.02. The number of hydrogen-bond donors (Lipinski definition) is 1. The van der Waals surface area contributed by atoms with Crippen LogP contribution in [0.5, 0.6) is 0 Å². The molecule has 0 aliphatic carbocycles. The predicted molar refractivity (Wildman–Crippen MR) is 116 cm³/mol. The first-order valence-corrected chi connectivity index (χ1v) is 11.1. The number of nitrogens with one attached hydrogen (secondary N) is 1. The van der Waals surface area contributed by atoms with Gasteiger partial charge in [-0.3, -0.25) is 4.90 Å². The quantitative estimate of drug-likeness (QED) is 0.826. The molecule has 28 heavy (non-hydrogen) atoms. The number of piperazine rings is 1. The van der Waals surface area contributed by atoms with Crippen molar-refractivity contribution in [1.82, 2.24) is 24.8 Å². The molecule has 4 heterocycles. The molecule has 0 amide bonds. The summed E-state index contributed by atoms with van der Waals surface area (Å²) in [6.45, 7) is 10.6. The Morgan fingerprint density at radius 1 is 1.14 bits per heavy atom. The summed E-state index contributed by atoms with van der Waals surface area (Å²) < 4.78 is 0. The van der Waals surface area contributed by atoms with Gasteiger partial charge in [-0.05, 0) is 40.3 Å². The van der Waals surface area contributed by atoms with Crippen molar-refractivity contribution >= 4 is 28.1 Å². The van der Waals surface area contributed by atoms with Gasteiger partial charge in [0.2, 0.25) is 0 Å². The molecule has 4 rings (SSSR count). The van der Waals surface area contributed by atoms with Crippen molar-refractivity contribution < 1.29 is 0 Å². The maximum atomic E-state index is 4.65. The van der Waals surface area contributed by atoms with Crippen molar-refractivity contribution in [3.63, 3.8) is 0 Å². The number of thiazole rings is 1. The van der Waals surface area contributed by atoms with E-state index < -0.39 is 0 Å². The van der Waals surface area contributed by atoms with Crippen LogP contribution in [-0.2, 0) is 6.54 Å². The van der Waals surface area contributed by atoms with Crippen molar-refractivity contribution in [3.05, 3.63) is 23.0 Å². The molecule has 1 atom stereocenters. The van der Waals surface area contributed by atoms with Crippen molar-refractivity contribution in [1.29, 1.82) is 0 Å². The van der Waals surface area contributed by atoms with E-state index in [9.17, 15) is 0 Å². The lowest BCUT2D eigenvalue weighted by atomic mass is 10.0. The highest BCUT2D eigenvalue weighted by molar-refractivity contribution is 7.15. The Kier molecular flexibility index (Phi) is 6.08. The number of hydrogen-bond acceptors (Lipinski definition) is 8. The Hall–Kier alpha value is -1.77. The maximum absolute atomic E-state index is 4.65. The standard InChI is InChI=1S/C20H31N7S/c1-15-6-4-5-7-27(15)14-17-13-21-20(28-17)24-18-12-19(23-16(2)22-18)26-10-8-25(3)9-11-26/h12-13,15H,4-11,14H2,1-3H3,(H,21,22,23,24). The minimum Gasteiger partial charge on any atom is -0.354 e. The van der Waals surface area contributed by atoms with Gasteiger partial charge in [0.25, 0.3) is 0 Å². The van der Waals surface area contributed by atoms with Crippen LogP contribution in [0.25, 0.3) is 0 Å². The summed E-state index contributed by atoms with van der Waals surface area (Å²) in [5.74, 6) is 2.62. The molecule has 0 spiro atoms. The first kappa shape index (κ1) is 19.5. The maximum Gasteiger partial charge on any atom is 0.188 e. The Labute approximate surface area is 171 Å². The lowest BCUT2D eigenvalue weighted by Crippen LogP contribution is -2.44. The largest absolute Gasteiger partial charge is 0.354 e. The van der Waals surface area contributed by atoms with E-state index in [4.69, 9.17) is 0 Å². The van der Waals surface area contributed by atoms with Crippen molar-refractivity contribution in [2.24, 2.45) is 0 Å². The molecule has 2 fully saturated rings. The molecule has 152 valence electrons. The summed E-state index contributed by atoms with van der Waals surface area (Å²) in [7, 11) is 2.17. The zero-order valence-corrected chi connectivity index (χ0v) is 18.0. The molecule has 7 nitrogen and oxygen atoms in total. The summed E-state index contributed by atoms with van der Waals surface area (Å²) >= 11 is 1.73. The topological polar surface area (TPSA) is 60.4 Å². The third-order valence-corrected chi connectivity index (χ3v) is 6.64. The second kappa shape index (κ2) is 8.71. The normalized spacial score (nSPS) is 21.8. The molecule has 2 aromatic rings.